The first kappa shape index (κ1) is 19.5. The van der Waals surface area contributed by atoms with Gasteiger partial charge in [-0.25, -0.2) is 9.78 Å². The highest BCUT2D eigenvalue weighted by Gasteiger charge is 2.22. The molecule has 7 heteroatoms. The van der Waals surface area contributed by atoms with Crippen molar-refractivity contribution in [3.63, 3.8) is 0 Å². The molecule has 0 aliphatic rings. The van der Waals surface area contributed by atoms with Gasteiger partial charge < -0.3 is 10.1 Å². The van der Waals surface area contributed by atoms with Crippen molar-refractivity contribution in [2.45, 2.75) is 30.6 Å². The van der Waals surface area contributed by atoms with Crippen LogP contribution in [0.2, 0.25) is 0 Å². The van der Waals surface area contributed by atoms with Gasteiger partial charge in [0, 0.05) is 10.9 Å². The number of hydrogen-bond acceptors (Lipinski definition) is 6. The summed E-state index contributed by atoms with van der Waals surface area (Å²) in [6.45, 7) is 4.00. The monoisotopic (exact) mass is 378 g/mol. The van der Waals surface area contributed by atoms with Gasteiger partial charge in [-0.05, 0) is 12.3 Å². The molecule has 0 bridgehead atoms. The van der Waals surface area contributed by atoms with E-state index in [0.29, 0.717) is 6.42 Å². The molecule has 2 aromatic rings. The van der Waals surface area contributed by atoms with Gasteiger partial charge in [0.2, 0.25) is 5.91 Å². The van der Waals surface area contributed by atoms with Crippen LogP contribution in [0.5, 0.6) is 0 Å². The highest BCUT2D eigenvalue weighted by atomic mass is 32.2. The van der Waals surface area contributed by atoms with E-state index in [4.69, 9.17) is 4.74 Å². The topological polar surface area (TPSA) is 68.3 Å². The van der Waals surface area contributed by atoms with E-state index in [1.807, 2.05) is 49.6 Å². The first-order valence-electron chi connectivity index (χ1n) is 8.00. The van der Waals surface area contributed by atoms with Crippen LogP contribution in [-0.4, -0.2) is 35.8 Å². The van der Waals surface area contributed by atoms with E-state index in [0.717, 1.165) is 15.6 Å². The molecule has 1 amide bonds. The number of rotatable bonds is 8. The fourth-order valence-corrected chi connectivity index (χ4v) is 3.90. The Kier molecular flexibility index (Phi) is 7.46. The Hall–Kier alpha value is -1.86. The van der Waals surface area contributed by atoms with Gasteiger partial charge in [0.15, 0.2) is 4.34 Å². The minimum absolute atomic E-state index is 0.197. The fourth-order valence-electron chi connectivity index (χ4n) is 2.26. The van der Waals surface area contributed by atoms with Gasteiger partial charge in [0.1, 0.15) is 6.04 Å². The average Bonchev–Trinajstić information content (AvgIpc) is 3.08. The number of thioether (sulfide) groups is 1. The lowest BCUT2D eigenvalue weighted by Crippen LogP contribution is -2.43. The minimum Gasteiger partial charge on any atom is -0.467 e. The van der Waals surface area contributed by atoms with Crippen molar-refractivity contribution in [3.05, 3.63) is 35.7 Å². The van der Waals surface area contributed by atoms with Crippen molar-refractivity contribution in [3.8, 4) is 11.3 Å². The molecule has 134 valence electrons. The zero-order valence-electron chi connectivity index (χ0n) is 14.5. The van der Waals surface area contributed by atoms with Gasteiger partial charge in [-0.15, -0.1) is 11.3 Å². The predicted octanol–water partition coefficient (Wildman–Crippen LogP) is 3.61. The van der Waals surface area contributed by atoms with E-state index >= 15 is 0 Å². The maximum Gasteiger partial charge on any atom is 0.328 e. The van der Waals surface area contributed by atoms with Gasteiger partial charge in [0.05, 0.1) is 18.6 Å². The summed E-state index contributed by atoms with van der Waals surface area (Å²) in [4.78, 5) is 28.4. The first-order chi connectivity index (χ1) is 12.0. The van der Waals surface area contributed by atoms with Crippen molar-refractivity contribution < 1.29 is 14.3 Å². The molecule has 2 rings (SSSR count). The molecule has 1 heterocycles. The summed E-state index contributed by atoms with van der Waals surface area (Å²) < 4.78 is 5.58. The third-order valence-corrected chi connectivity index (χ3v) is 5.43. The van der Waals surface area contributed by atoms with Crippen LogP contribution >= 0.6 is 23.1 Å². The number of amides is 1. The normalized spacial score (nSPS) is 12.0. The van der Waals surface area contributed by atoms with E-state index in [1.54, 1.807) is 0 Å². The zero-order chi connectivity index (χ0) is 18.2. The van der Waals surface area contributed by atoms with E-state index in [1.165, 1.54) is 30.2 Å². The number of nitrogens with zero attached hydrogens (tertiary/aromatic N) is 1. The Labute approximate surface area is 156 Å². The highest BCUT2D eigenvalue weighted by Crippen LogP contribution is 2.28. The quantitative estimate of drug-likeness (QED) is 0.561. The SMILES string of the molecule is COC(=O)[C@H](CC(C)C)NC(=O)CSc1nc(-c2ccccc2)cs1. The second-order valence-electron chi connectivity index (χ2n) is 5.93. The van der Waals surface area contributed by atoms with Crippen LogP contribution in [0.15, 0.2) is 40.1 Å². The number of ether oxygens (including phenoxy) is 1. The van der Waals surface area contributed by atoms with Gasteiger partial charge in [0.25, 0.3) is 0 Å². The lowest BCUT2D eigenvalue weighted by atomic mass is 10.0. The standard InChI is InChI=1S/C18H22N2O3S2/c1-12(2)9-14(17(22)23-3)19-16(21)11-25-18-20-15(10-24-18)13-7-5-4-6-8-13/h4-8,10,12,14H,9,11H2,1-3H3,(H,19,21)/t14-/m0/s1. The first-order valence-corrected chi connectivity index (χ1v) is 9.87. The number of methoxy groups -OCH3 is 1. The molecule has 1 N–H and O–H groups in total. The summed E-state index contributed by atoms with van der Waals surface area (Å²) in [6.07, 6.45) is 0.554. The number of aromatic nitrogens is 1. The summed E-state index contributed by atoms with van der Waals surface area (Å²) in [7, 11) is 1.33. The smallest absolute Gasteiger partial charge is 0.328 e. The van der Waals surface area contributed by atoms with Crippen LogP contribution in [0.3, 0.4) is 0 Å². The summed E-state index contributed by atoms with van der Waals surface area (Å²) in [5, 5.41) is 4.73. The number of thiazole rings is 1. The molecule has 25 heavy (non-hydrogen) atoms. The van der Waals surface area contributed by atoms with E-state index in [2.05, 4.69) is 10.3 Å². The number of carbonyl (C=O) groups is 2. The minimum atomic E-state index is -0.603. The third-order valence-electron chi connectivity index (χ3n) is 3.41. The lowest BCUT2D eigenvalue weighted by molar-refractivity contribution is -0.145. The lowest BCUT2D eigenvalue weighted by Gasteiger charge is -2.18. The predicted molar refractivity (Wildman–Crippen MR) is 102 cm³/mol. The third kappa shape index (κ3) is 6.17. The van der Waals surface area contributed by atoms with E-state index < -0.39 is 12.0 Å². The van der Waals surface area contributed by atoms with Crippen LogP contribution in [-0.2, 0) is 14.3 Å². The van der Waals surface area contributed by atoms with E-state index in [9.17, 15) is 9.59 Å². The molecule has 1 aromatic carbocycles. The largest absolute Gasteiger partial charge is 0.467 e. The maximum absolute atomic E-state index is 12.1. The van der Waals surface area contributed by atoms with Crippen LogP contribution < -0.4 is 5.32 Å². The molecule has 0 aliphatic heterocycles. The van der Waals surface area contributed by atoms with Crippen molar-refractivity contribution in [1.82, 2.24) is 10.3 Å². The second kappa shape index (κ2) is 9.58. The zero-order valence-corrected chi connectivity index (χ0v) is 16.2. The number of carbonyl (C=O) groups excluding carboxylic acids is 2. The van der Waals surface area contributed by atoms with Crippen LogP contribution in [0.1, 0.15) is 20.3 Å². The Morgan fingerprint density at radius 3 is 2.64 bits per heavy atom. The van der Waals surface area contributed by atoms with Crippen molar-refractivity contribution >= 4 is 35.0 Å². The molecule has 1 atom stereocenters. The Morgan fingerprint density at radius 1 is 1.28 bits per heavy atom. The number of hydrogen-bond donors (Lipinski definition) is 1. The number of esters is 1. The Morgan fingerprint density at radius 2 is 2.00 bits per heavy atom. The molecule has 0 aliphatic carbocycles. The average molecular weight is 379 g/mol. The van der Waals surface area contributed by atoms with Crippen LogP contribution in [0.25, 0.3) is 11.3 Å². The Bertz CT molecular complexity index is 701. The van der Waals surface area contributed by atoms with Crippen molar-refractivity contribution in [1.29, 1.82) is 0 Å². The second-order valence-corrected chi connectivity index (χ2v) is 8.01. The molecule has 0 saturated carbocycles. The van der Waals surface area contributed by atoms with E-state index in [-0.39, 0.29) is 17.6 Å². The molecule has 0 radical (unpaired) electrons. The molecular formula is C18H22N2O3S2. The molecule has 5 nitrogen and oxygen atoms in total. The molecule has 0 fully saturated rings. The van der Waals surface area contributed by atoms with Gasteiger partial charge in [-0.2, -0.15) is 0 Å². The molecular weight excluding hydrogens is 356 g/mol. The highest BCUT2D eigenvalue weighted by molar-refractivity contribution is 8.01. The molecule has 0 unspecified atom stereocenters. The van der Waals surface area contributed by atoms with Crippen LogP contribution in [0, 0.1) is 5.92 Å². The van der Waals surface area contributed by atoms with Crippen LogP contribution in [0.4, 0.5) is 0 Å². The summed E-state index contributed by atoms with van der Waals surface area (Å²) in [5.74, 6) is -0.109. The summed E-state index contributed by atoms with van der Waals surface area (Å²) in [6, 6.07) is 9.30. The van der Waals surface area contributed by atoms with Crippen molar-refractivity contribution in [2.24, 2.45) is 5.92 Å². The number of nitrogens with one attached hydrogen (secondary N) is 1. The summed E-state index contributed by atoms with van der Waals surface area (Å²) in [5.41, 5.74) is 1.96. The molecule has 0 spiro atoms. The molecule has 1 aromatic heterocycles. The van der Waals surface area contributed by atoms with Crippen molar-refractivity contribution in [2.75, 3.05) is 12.9 Å². The number of benzene rings is 1. The summed E-state index contributed by atoms with van der Waals surface area (Å²) >= 11 is 2.87. The molecule has 0 saturated heterocycles. The Balaban J connectivity index is 1.89. The van der Waals surface area contributed by atoms with Gasteiger partial charge in [-0.3, -0.25) is 4.79 Å². The maximum atomic E-state index is 12.1. The van der Waals surface area contributed by atoms with Gasteiger partial charge >= 0.3 is 5.97 Å². The fraction of sp³-hybridized carbons (Fsp3) is 0.389. The van der Waals surface area contributed by atoms with Gasteiger partial charge in [-0.1, -0.05) is 55.9 Å².